The second kappa shape index (κ2) is 8.64. The molecular weight excluding hydrogens is 240 g/mol. The maximum absolute atomic E-state index is 11.9. The molecule has 1 unspecified atom stereocenters. The van der Waals surface area contributed by atoms with Gasteiger partial charge < -0.3 is 10.4 Å². The average Bonchev–Trinajstić information content (AvgIpc) is 2.45. The van der Waals surface area contributed by atoms with Crippen LogP contribution in [0, 0.1) is 11.8 Å². The van der Waals surface area contributed by atoms with Crippen LogP contribution in [0.15, 0.2) is 24.4 Å². The van der Waals surface area contributed by atoms with Gasteiger partial charge in [-0.2, -0.15) is 0 Å². The molecule has 1 atom stereocenters. The van der Waals surface area contributed by atoms with Crippen molar-refractivity contribution in [3.8, 4) is 0 Å². The molecule has 4 nitrogen and oxygen atoms in total. The molecule has 0 bridgehead atoms. The van der Waals surface area contributed by atoms with E-state index in [1.54, 1.807) is 6.20 Å². The van der Waals surface area contributed by atoms with E-state index in [0.29, 0.717) is 13.0 Å². The molecule has 1 heterocycles. The summed E-state index contributed by atoms with van der Waals surface area (Å²) in [6.07, 6.45) is 4.13. The molecule has 106 valence electrons. The molecule has 1 amide bonds. The van der Waals surface area contributed by atoms with Gasteiger partial charge in [0.1, 0.15) is 0 Å². The topological polar surface area (TPSA) is 62.2 Å². The molecular formula is C15H24N2O2. The van der Waals surface area contributed by atoms with Gasteiger partial charge in [0.15, 0.2) is 0 Å². The maximum Gasteiger partial charge on any atom is 0.223 e. The molecule has 1 aromatic heterocycles. The Kier molecular flexibility index (Phi) is 7.11. The number of aliphatic hydroxyl groups is 1. The highest BCUT2D eigenvalue weighted by atomic mass is 16.3. The summed E-state index contributed by atoms with van der Waals surface area (Å²) in [5.74, 6) is 0.187. The van der Waals surface area contributed by atoms with Gasteiger partial charge in [0.2, 0.25) is 5.91 Å². The van der Waals surface area contributed by atoms with E-state index in [4.69, 9.17) is 0 Å². The number of rotatable bonds is 8. The van der Waals surface area contributed by atoms with Crippen molar-refractivity contribution < 1.29 is 9.90 Å². The highest BCUT2D eigenvalue weighted by Crippen LogP contribution is 2.09. The maximum atomic E-state index is 11.9. The van der Waals surface area contributed by atoms with E-state index in [1.165, 1.54) is 0 Å². The Morgan fingerprint density at radius 1 is 1.37 bits per heavy atom. The summed E-state index contributed by atoms with van der Waals surface area (Å²) in [5, 5.41) is 12.3. The molecule has 4 heteroatoms. The molecule has 19 heavy (non-hydrogen) atoms. The fourth-order valence-corrected chi connectivity index (χ4v) is 2.06. The number of nitrogens with one attached hydrogen (secondary N) is 1. The van der Waals surface area contributed by atoms with Crippen LogP contribution >= 0.6 is 0 Å². The van der Waals surface area contributed by atoms with Crippen molar-refractivity contribution in [3.05, 3.63) is 30.1 Å². The number of pyridine rings is 1. The predicted octanol–water partition coefficient (Wildman–Crippen LogP) is 1.78. The number of hydrogen-bond acceptors (Lipinski definition) is 3. The van der Waals surface area contributed by atoms with E-state index >= 15 is 0 Å². The van der Waals surface area contributed by atoms with Gasteiger partial charge in [0, 0.05) is 36.9 Å². The molecule has 0 saturated carbocycles. The van der Waals surface area contributed by atoms with Gasteiger partial charge in [-0.3, -0.25) is 9.78 Å². The van der Waals surface area contributed by atoms with Crippen molar-refractivity contribution in [2.75, 3.05) is 13.2 Å². The second-order valence-electron chi connectivity index (χ2n) is 4.83. The molecule has 0 fully saturated rings. The van der Waals surface area contributed by atoms with Gasteiger partial charge in [0.25, 0.3) is 0 Å². The standard InChI is InChI=1S/C15H24N2O2/c1-3-13(4-2)15(19)17-10-12(11-18)9-14-7-5-6-8-16-14/h5-8,12-13,18H,3-4,9-11H2,1-2H3,(H,17,19). The first kappa shape index (κ1) is 15.6. The first-order chi connectivity index (χ1) is 9.21. The van der Waals surface area contributed by atoms with Crippen LogP contribution in [0.3, 0.4) is 0 Å². The minimum Gasteiger partial charge on any atom is -0.396 e. The van der Waals surface area contributed by atoms with Crippen LogP contribution in [-0.2, 0) is 11.2 Å². The van der Waals surface area contributed by atoms with Gasteiger partial charge in [-0.1, -0.05) is 19.9 Å². The molecule has 1 aromatic rings. The Hall–Kier alpha value is -1.42. The summed E-state index contributed by atoms with van der Waals surface area (Å²) in [7, 11) is 0. The predicted molar refractivity (Wildman–Crippen MR) is 75.6 cm³/mol. The fourth-order valence-electron chi connectivity index (χ4n) is 2.06. The molecule has 0 aromatic carbocycles. The Labute approximate surface area is 115 Å². The highest BCUT2D eigenvalue weighted by Gasteiger charge is 2.16. The molecule has 0 aliphatic rings. The van der Waals surface area contributed by atoms with E-state index in [0.717, 1.165) is 18.5 Å². The lowest BCUT2D eigenvalue weighted by atomic mass is 10.0. The number of carbonyl (C=O) groups is 1. The summed E-state index contributed by atoms with van der Waals surface area (Å²) >= 11 is 0. The monoisotopic (exact) mass is 264 g/mol. The third kappa shape index (κ3) is 5.39. The molecule has 0 saturated heterocycles. The Morgan fingerprint density at radius 3 is 2.63 bits per heavy atom. The number of carbonyl (C=O) groups excluding carboxylic acids is 1. The van der Waals surface area contributed by atoms with E-state index < -0.39 is 0 Å². The molecule has 0 aliphatic carbocycles. The van der Waals surface area contributed by atoms with Crippen LogP contribution in [0.2, 0.25) is 0 Å². The summed E-state index contributed by atoms with van der Waals surface area (Å²) in [4.78, 5) is 16.1. The molecule has 1 rings (SSSR count). The summed E-state index contributed by atoms with van der Waals surface area (Å²) in [5.41, 5.74) is 0.943. The zero-order chi connectivity index (χ0) is 14.1. The largest absolute Gasteiger partial charge is 0.396 e. The van der Waals surface area contributed by atoms with Gasteiger partial charge in [-0.15, -0.1) is 0 Å². The van der Waals surface area contributed by atoms with E-state index in [9.17, 15) is 9.90 Å². The van der Waals surface area contributed by atoms with Crippen LogP contribution in [0.25, 0.3) is 0 Å². The second-order valence-corrected chi connectivity index (χ2v) is 4.83. The SMILES string of the molecule is CCC(CC)C(=O)NCC(CO)Cc1ccccn1. The van der Waals surface area contributed by atoms with Crippen LogP contribution in [-0.4, -0.2) is 29.1 Å². The lowest BCUT2D eigenvalue weighted by molar-refractivity contribution is -0.125. The Bertz CT molecular complexity index is 364. The third-order valence-corrected chi connectivity index (χ3v) is 3.40. The molecule has 2 N–H and O–H groups in total. The fraction of sp³-hybridized carbons (Fsp3) is 0.600. The van der Waals surface area contributed by atoms with Crippen molar-refractivity contribution in [1.82, 2.24) is 10.3 Å². The van der Waals surface area contributed by atoms with Crippen LogP contribution in [0.1, 0.15) is 32.4 Å². The summed E-state index contributed by atoms with van der Waals surface area (Å²) in [6, 6.07) is 5.73. The van der Waals surface area contributed by atoms with Gasteiger partial charge in [-0.25, -0.2) is 0 Å². The zero-order valence-electron chi connectivity index (χ0n) is 11.8. The van der Waals surface area contributed by atoms with Crippen molar-refractivity contribution in [1.29, 1.82) is 0 Å². The van der Waals surface area contributed by atoms with Gasteiger partial charge >= 0.3 is 0 Å². The lowest BCUT2D eigenvalue weighted by Crippen LogP contribution is -2.35. The van der Waals surface area contributed by atoms with Crippen molar-refractivity contribution >= 4 is 5.91 Å². The molecule has 0 aliphatic heterocycles. The molecule has 0 spiro atoms. The van der Waals surface area contributed by atoms with Gasteiger partial charge in [-0.05, 0) is 31.4 Å². The van der Waals surface area contributed by atoms with Crippen LogP contribution < -0.4 is 5.32 Å². The lowest BCUT2D eigenvalue weighted by Gasteiger charge is -2.17. The van der Waals surface area contributed by atoms with Gasteiger partial charge in [0.05, 0.1) is 0 Å². The highest BCUT2D eigenvalue weighted by molar-refractivity contribution is 5.78. The van der Waals surface area contributed by atoms with Crippen molar-refractivity contribution in [2.24, 2.45) is 11.8 Å². The number of amides is 1. The summed E-state index contributed by atoms with van der Waals surface area (Å²) < 4.78 is 0. The van der Waals surface area contributed by atoms with E-state index in [2.05, 4.69) is 10.3 Å². The van der Waals surface area contributed by atoms with Crippen LogP contribution in [0.5, 0.6) is 0 Å². The third-order valence-electron chi connectivity index (χ3n) is 3.40. The van der Waals surface area contributed by atoms with Crippen molar-refractivity contribution in [3.63, 3.8) is 0 Å². The first-order valence-corrected chi connectivity index (χ1v) is 6.99. The Morgan fingerprint density at radius 2 is 2.11 bits per heavy atom. The van der Waals surface area contributed by atoms with E-state index in [1.807, 2.05) is 32.0 Å². The molecule has 0 radical (unpaired) electrons. The van der Waals surface area contributed by atoms with Crippen LogP contribution in [0.4, 0.5) is 0 Å². The zero-order valence-corrected chi connectivity index (χ0v) is 11.8. The Balaban J connectivity index is 2.43. The summed E-state index contributed by atoms with van der Waals surface area (Å²) in [6.45, 7) is 4.60. The first-order valence-electron chi connectivity index (χ1n) is 6.99. The smallest absolute Gasteiger partial charge is 0.223 e. The minimum atomic E-state index is 0.0215. The minimum absolute atomic E-state index is 0.0215. The number of nitrogens with zero attached hydrogens (tertiary/aromatic N) is 1. The quantitative estimate of drug-likeness (QED) is 0.752. The number of aromatic nitrogens is 1. The van der Waals surface area contributed by atoms with Crippen molar-refractivity contribution in [2.45, 2.75) is 33.1 Å². The number of hydrogen-bond donors (Lipinski definition) is 2. The average molecular weight is 264 g/mol. The van der Waals surface area contributed by atoms with E-state index in [-0.39, 0.29) is 24.3 Å². The number of aliphatic hydroxyl groups excluding tert-OH is 1. The normalized spacial score (nSPS) is 12.4.